The van der Waals surface area contributed by atoms with Crippen LogP contribution in [0.25, 0.3) is 55.4 Å². The quantitative estimate of drug-likeness (QED) is 0.257. The SMILES string of the molecule is Cc1cc[n+](C)c(-c2c(C)ccc3c2oc2c(-c4ccc(-c5ccncc5)cc4)c(C#N)ccc23)c1. The Morgan fingerprint density at radius 3 is 2.11 bits per heavy atom. The molecule has 6 aromatic rings. The molecule has 0 N–H and O–H groups in total. The number of pyridine rings is 2. The van der Waals surface area contributed by atoms with Gasteiger partial charge in [0.05, 0.1) is 17.2 Å². The Morgan fingerprint density at radius 2 is 1.39 bits per heavy atom. The van der Waals surface area contributed by atoms with Crippen LogP contribution in [-0.2, 0) is 7.05 Å². The summed E-state index contributed by atoms with van der Waals surface area (Å²) < 4.78 is 8.81. The van der Waals surface area contributed by atoms with Crippen LogP contribution in [0, 0.1) is 25.2 Å². The molecule has 0 radical (unpaired) electrons. The molecule has 4 heteroatoms. The molecule has 0 amide bonds. The predicted molar refractivity (Wildman–Crippen MR) is 143 cm³/mol. The average molecular weight is 467 g/mol. The number of aromatic nitrogens is 2. The predicted octanol–water partition coefficient (Wildman–Crippen LogP) is 7.30. The zero-order valence-electron chi connectivity index (χ0n) is 20.4. The lowest BCUT2D eigenvalue weighted by atomic mass is 9.95. The van der Waals surface area contributed by atoms with Gasteiger partial charge in [-0.2, -0.15) is 5.26 Å². The molecule has 3 aromatic heterocycles. The Hall–Kier alpha value is -4.75. The summed E-state index contributed by atoms with van der Waals surface area (Å²) in [7, 11) is 2.05. The van der Waals surface area contributed by atoms with Crippen molar-refractivity contribution in [2.45, 2.75) is 13.8 Å². The van der Waals surface area contributed by atoms with Gasteiger partial charge in [0.25, 0.3) is 0 Å². The monoisotopic (exact) mass is 466 g/mol. The summed E-state index contributed by atoms with van der Waals surface area (Å²) in [6, 6.07) is 27.1. The first-order chi connectivity index (χ1) is 17.5. The van der Waals surface area contributed by atoms with Gasteiger partial charge in [-0.3, -0.25) is 4.98 Å². The maximum Gasteiger partial charge on any atom is 0.216 e. The van der Waals surface area contributed by atoms with Gasteiger partial charge in [-0.1, -0.05) is 36.4 Å². The van der Waals surface area contributed by atoms with Crippen LogP contribution in [0.15, 0.2) is 95.8 Å². The normalized spacial score (nSPS) is 11.2. The second-order valence-electron chi connectivity index (χ2n) is 9.23. The molecule has 0 bridgehead atoms. The van der Waals surface area contributed by atoms with Crippen LogP contribution in [0.1, 0.15) is 16.7 Å². The fourth-order valence-corrected chi connectivity index (χ4v) is 5.00. The highest BCUT2D eigenvalue weighted by Crippen LogP contribution is 2.42. The van der Waals surface area contributed by atoms with Gasteiger partial charge in [0.2, 0.25) is 5.69 Å². The maximum absolute atomic E-state index is 9.99. The molecule has 0 fully saturated rings. The van der Waals surface area contributed by atoms with Crippen molar-refractivity contribution in [2.75, 3.05) is 0 Å². The highest BCUT2D eigenvalue weighted by molar-refractivity contribution is 6.14. The van der Waals surface area contributed by atoms with Gasteiger partial charge < -0.3 is 4.42 Å². The number of fused-ring (bicyclic) bond motifs is 3. The Bertz CT molecular complexity index is 1810. The highest BCUT2D eigenvalue weighted by atomic mass is 16.3. The van der Waals surface area contributed by atoms with Crippen LogP contribution in [-0.4, -0.2) is 4.98 Å². The average Bonchev–Trinajstić information content (AvgIpc) is 3.29. The van der Waals surface area contributed by atoms with E-state index in [-0.39, 0.29) is 0 Å². The van der Waals surface area contributed by atoms with Crippen LogP contribution in [0.3, 0.4) is 0 Å². The summed E-state index contributed by atoms with van der Waals surface area (Å²) in [5.74, 6) is 0. The molecule has 0 saturated carbocycles. The molecule has 0 aliphatic rings. The second-order valence-corrected chi connectivity index (χ2v) is 9.23. The van der Waals surface area contributed by atoms with Gasteiger partial charge >= 0.3 is 0 Å². The van der Waals surface area contributed by atoms with E-state index in [2.05, 4.69) is 91.2 Å². The van der Waals surface area contributed by atoms with Crippen LogP contribution < -0.4 is 4.57 Å². The molecule has 3 aromatic carbocycles. The topological polar surface area (TPSA) is 53.7 Å². The van der Waals surface area contributed by atoms with E-state index in [4.69, 9.17) is 4.42 Å². The zero-order valence-corrected chi connectivity index (χ0v) is 20.4. The Labute approximate surface area is 209 Å². The Morgan fingerprint density at radius 1 is 0.750 bits per heavy atom. The van der Waals surface area contributed by atoms with E-state index in [0.717, 1.165) is 61.0 Å². The molecule has 6 rings (SSSR count). The first-order valence-corrected chi connectivity index (χ1v) is 11.9. The van der Waals surface area contributed by atoms with E-state index in [0.29, 0.717) is 5.56 Å². The van der Waals surface area contributed by atoms with E-state index in [1.807, 2.05) is 24.3 Å². The van der Waals surface area contributed by atoms with Crippen LogP contribution in [0.4, 0.5) is 0 Å². The number of hydrogen-bond donors (Lipinski definition) is 0. The summed E-state index contributed by atoms with van der Waals surface area (Å²) >= 11 is 0. The molecule has 172 valence electrons. The molecular weight excluding hydrogens is 442 g/mol. The molecule has 0 saturated heterocycles. The van der Waals surface area contributed by atoms with Crippen LogP contribution >= 0.6 is 0 Å². The van der Waals surface area contributed by atoms with Gasteiger partial charge in [-0.25, -0.2) is 4.57 Å². The summed E-state index contributed by atoms with van der Waals surface area (Å²) in [6.45, 7) is 4.22. The minimum absolute atomic E-state index is 0.595. The Kier molecular flexibility index (Phi) is 5.13. The summed E-state index contributed by atoms with van der Waals surface area (Å²) in [6.07, 6.45) is 5.66. The zero-order chi connectivity index (χ0) is 24.8. The first-order valence-electron chi connectivity index (χ1n) is 11.9. The van der Waals surface area contributed by atoms with Crippen molar-refractivity contribution in [1.29, 1.82) is 5.26 Å². The van der Waals surface area contributed by atoms with Gasteiger partial charge in [0.15, 0.2) is 6.20 Å². The van der Waals surface area contributed by atoms with E-state index < -0.39 is 0 Å². The molecule has 0 unspecified atom stereocenters. The highest BCUT2D eigenvalue weighted by Gasteiger charge is 2.23. The van der Waals surface area contributed by atoms with Crippen molar-refractivity contribution < 1.29 is 8.98 Å². The van der Waals surface area contributed by atoms with E-state index in [1.165, 1.54) is 5.56 Å². The number of rotatable bonds is 3. The minimum atomic E-state index is 0.595. The van der Waals surface area contributed by atoms with Gasteiger partial charge in [0.1, 0.15) is 18.2 Å². The van der Waals surface area contributed by atoms with Crippen molar-refractivity contribution in [3.05, 3.63) is 108 Å². The largest absolute Gasteiger partial charge is 0.454 e. The van der Waals surface area contributed by atoms with E-state index in [1.54, 1.807) is 12.4 Å². The van der Waals surface area contributed by atoms with E-state index >= 15 is 0 Å². The van der Waals surface area contributed by atoms with Crippen molar-refractivity contribution in [2.24, 2.45) is 7.05 Å². The van der Waals surface area contributed by atoms with Gasteiger partial charge in [0, 0.05) is 40.9 Å². The third-order valence-corrected chi connectivity index (χ3v) is 6.89. The fourth-order valence-electron chi connectivity index (χ4n) is 5.00. The van der Waals surface area contributed by atoms with Gasteiger partial charge in [-0.15, -0.1) is 0 Å². The Balaban J connectivity index is 1.62. The molecule has 0 aliphatic heterocycles. The van der Waals surface area contributed by atoms with Crippen molar-refractivity contribution in [3.63, 3.8) is 0 Å². The number of furan rings is 1. The van der Waals surface area contributed by atoms with E-state index in [9.17, 15) is 5.26 Å². The lowest BCUT2D eigenvalue weighted by Gasteiger charge is -2.07. The molecule has 36 heavy (non-hydrogen) atoms. The molecule has 4 nitrogen and oxygen atoms in total. The number of aryl methyl sites for hydroxylation is 3. The first kappa shape index (κ1) is 21.8. The maximum atomic E-state index is 9.99. The van der Waals surface area contributed by atoms with Crippen molar-refractivity contribution >= 4 is 21.9 Å². The summed E-state index contributed by atoms with van der Waals surface area (Å²) in [5, 5.41) is 12.0. The van der Waals surface area contributed by atoms with Crippen LogP contribution in [0.2, 0.25) is 0 Å². The summed E-state index contributed by atoms with van der Waals surface area (Å²) in [5.41, 5.74) is 10.7. The van der Waals surface area contributed by atoms with Crippen molar-refractivity contribution in [3.8, 4) is 39.6 Å². The van der Waals surface area contributed by atoms with Crippen molar-refractivity contribution in [1.82, 2.24) is 4.98 Å². The molecular formula is C32H24N3O+. The standard InChI is InChI=1S/C32H24N3O/c1-20-14-17-35(3)28(18-20)29-21(2)4-10-26-27-11-9-25(19-33)30(32(27)36-31(26)29)24-7-5-22(6-8-24)23-12-15-34-16-13-23/h4-18H,1-3H3/q+1. The van der Waals surface area contributed by atoms with Gasteiger partial charge in [-0.05, 0) is 65.9 Å². The van der Waals surface area contributed by atoms with Crippen LogP contribution in [0.5, 0.6) is 0 Å². The molecule has 0 atom stereocenters. The minimum Gasteiger partial charge on any atom is -0.454 e. The number of nitrogens with zero attached hydrogens (tertiary/aromatic N) is 3. The third kappa shape index (κ3) is 3.45. The third-order valence-electron chi connectivity index (χ3n) is 6.89. The molecule has 0 spiro atoms. The molecule has 3 heterocycles. The lowest BCUT2D eigenvalue weighted by Crippen LogP contribution is -2.30. The second kappa shape index (κ2) is 8.48. The molecule has 0 aliphatic carbocycles. The number of benzene rings is 3. The fraction of sp³-hybridized carbons (Fsp3) is 0.0938. The smallest absolute Gasteiger partial charge is 0.216 e. The number of hydrogen-bond acceptors (Lipinski definition) is 3. The summed E-state index contributed by atoms with van der Waals surface area (Å²) in [4.78, 5) is 4.11. The number of nitriles is 1. The lowest BCUT2D eigenvalue weighted by molar-refractivity contribution is -0.660.